The van der Waals surface area contributed by atoms with Gasteiger partial charge in [-0.1, -0.05) is 24.3 Å². The van der Waals surface area contributed by atoms with Gasteiger partial charge in [-0.15, -0.1) is 0 Å². The van der Waals surface area contributed by atoms with E-state index in [-0.39, 0.29) is 23.8 Å². The zero-order valence-electron chi connectivity index (χ0n) is 14.0. The van der Waals surface area contributed by atoms with Crippen LogP contribution in [0.3, 0.4) is 0 Å². The molecule has 24 heavy (non-hydrogen) atoms. The molecule has 2 aromatic carbocycles. The average molecular weight is 322 g/mol. The van der Waals surface area contributed by atoms with Gasteiger partial charge >= 0.3 is 0 Å². The van der Waals surface area contributed by atoms with Gasteiger partial charge in [-0.25, -0.2) is 0 Å². The highest BCUT2D eigenvalue weighted by Crippen LogP contribution is 2.30. The Kier molecular flexibility index (Phi) is 4.65. The number of benzene rings is 2. The van der Waals surface area contributed by atoms with Crippen molar-refractivity contribution in [2.75, 3.05) is 5.32 Å². The quantitative estimate of drug-likeness (QED) is 0.879. The number of hydrogen-bond acceptors (Lipinski definition) is 2. The van der Waals surface area contributed by atoms with Crippen LogP contribution in [0.2, 0.25) is 0 Å². The van der Waals surface area contributed by atoms with E-state index in [0.29, 0.717) is 5.56 Å². The van der Waals surface area contributed by atoms with Gasteiger partial charge in [0.15, 0.2) is 0 Å². The van der Waals surface area contributed by atoms with Crippen LogP contribution in [0.1, 0.15) is 47.3 Å². The second-order valence-corrected chi connectivity index (χ2v) is 6.39. The highest BCUT2D eigenvalue weighted by Gasteiger charge is 2.29. The lowest BCUT2D eigenvalue weighted by Gasteiger charge is -2.16. The second-order valence-electron chi connectivity index (χ2n) is 6.39. The number of aryl methyl sites for hydroxylation is 1. The minimum atomic E-state index is -0.120. The second kappa shape index (κ2) is 6.87. The molecule has 2 amide bonds. The van der Waals surface area contributed by atoms with Gasteiger partial charge in [0.1, 0.15) is 0 Å². The molecule has 0 radical (unpaired) electrons. The van der Waals surface area contributed by atoms with Crippen LogP contribution in [-0.2, 0) is 4.79 Å². The summed E-state index contributed by atoms with van der Waals surface area (Å²) in [5.74, 6) is 0.120. The van der Waals surface area contributed by atoms with Crippen molar-refractivity contribution in [2.45, 2.75) is 32.7 Å². The fourth-order valence-corrected chi connectivity index (χ4v) is 2.73. The Balaban J connectivity index is 1.62. The van der Waals surface area contributed by atoms with Crippen molar-refractivity contribution in [3.05, 3.63) is 65.2 Å². The van der Waals surface area contributed by atoms with Crippen molar-refractivity contribution in [3.63, 3.8) is 0 Å². The molecule has 1 fully saturated rings. The van der Waals surface area contributed by atoms with Crippen LogP contribution >= 0.6 is 0 Å². The minimum Gasteiger partial charge on any atom is -0.346 e. The Bertz CT molecular complexity index is 748. The topological polar surface area (TPSA) is 58.2 Å². The van der Waals surface area contributed by atoms with Gasteiger partial charge in [-0.2, -0.15) is 0 Å². The summed E-state index contributed by atoms with van der Waals surface area (Å²) in [5.41, 5.74) is 3.58. The van der Waals surface area contributed by atoms with Crippen molar-refractivity contribution < 1.29 is 9.59 Å². The SMILES string of the molecule is Cc1ccccc1[C@@H](C)NC(=O)c1ccc(NC(=O)C2CC2)cc1. The molecule has 0 saturated heterocycles. The summed E-state index contributed by atoms with van der Waals surface area (Å²) in [6.45, 7) is 4.01. The number of anilines is 1. The monoisotopic (exact) mass is 322 g/mol. The predicted molar refractivity (Wildman–Crippen MR) is 94.9 cm³/mol. The maximum atomic E-state index is 12.4. The number of carbonyl (C=O) groups excluding carboxylic acids is 2. The van der Waals surface area contributed by atoms with E-state index in [9.17, 15) is 9.59 Å². The van der Waals surface area contributed by atoms with Crippen LogP contribution in [0.4, 0.5) is 5.69 Å². The fourth-order valence-electron chi connectivity index (χ4n) is 2.73. The Hall–Kier alpha value is -2.62. The van der Waals surface area contributed by atoms with Gasteiger partial charge in [0.05, 0.1) is 6.04 Å². The summed E-state index contributed by atoms with van der Waals surface area (Å²) in [7, 11) is 0. The van der Waals surface area contributed by atoms with Crippen LogP contribution in [0.5, 0.6) is 0 Å². The third-order valence-electron chi connectivity index (χ3n) is 4.37. The van der Waals surface area contributed by atoms with Crippen LogP contribution in [0.15, 0.2) is 48.5 Å². The molecular formula is C20H22N2O2. The third-order valence-corrected chi connectivity index (χ3v) is 4.37. The van der Waals surface area contributed by atoms with Gasteiger partial charge < -0.3 is 10.6 Å². The lowest BCUT2D eigenvalue weighted by Crippen LogP contribution is -2.27. The predicted octanol–water partition coefficient (Wildman–Crippen LogP) is 3.83. The normalized spacial score (nSPS) is 14.8. The first-order valence-electron chi connectivity index (χ1n) is 8.32. The summed E-state index contributed by atoms with van der Waals surface area (Å²) in [5, 5.41) is 5.89. The van der Waals surface area contributed by atoms with E-state index < -0.39 is 0 Å². The van der Waals surface area contributed by atoms with E-state index in [4.69, 9.17) is 0 Å². The molecule has 0 unspecified atom stereocenters. The van der Waals surface area contributed by atoms with Crippen LogP contribution in [0, 0.1) is 12.8 Å². The van der Waals surface area contributed by atoms with Crippen molar-refractivity contribution in [1.82, 2.24) is 5.32 Å². The van der Waals surface area contributed by atoms with E-state index in [1.807, 2.05) is 38.1 Å². The minimum absolute atomic E-state index is 0.0621. The Morgan fingerprint density at radius 3 is 2.33 bits per heavy atom. The molecule has 0 bridgehead atoms. The van der Waals surface area contributed by atoms with Crippen LogP contribution in [-0.4, -0.2) is 11.8 Å². The lowest BCUT2D eigenvalue weighted by molar-refractivity contribution is -0.117. The molecule has 1 atom stereocenters. The Morgan fingerprint density at radius 2 is 1.71 bits per heavy atom. The van der Waals surface area contributed by atoms with Gasteiger partial charge in [0, 0.05) is 17.2 Å². The first kappa shape index (κ1) is 16.2. The molecule has 0 spiro atoms. The molecule has 1 saturated carbocycles. The Labute approximate surface area is 142 Å². The van der Waals surface area contributed by atoms with Crippen molar-refractivity contribution in [3.8, 4) is 0 Å². The summed E-state index contributed by atoms with van der Waals surface area (Å²) >= 11 is 0. The molecular weight excluding hydrogens is 300 g/mol. The van der Waals surface area contributed by atoms with Crippen molar-refractivity contribution in [2.24, 2.45) is 5.92 Å². The number of carbonyl (C=O) groups is 2. The summed E-state index contributed by atoms with van der Waals surface area (Å²) in [4.78, 5) is 24.1. The summed E-state index contributed by atoms with van der Waals surface area (Å²) < 4.78 is 0. The van der Waals surface area contributed by atoms with E-state index in [2.05, 4.69) is 10.6 Å². The summed E-state index contributed by atoms with van der Waals surface area (Å²) in [6, 6.07) is 15.0. The molecule has 124 valence electrons. The molecule has 0 heterocycles. The smallest absolute Gasteiger partial charge is 0.251 e. The molecule has 0 aliphatic heterocycles. The van der Waals surface area contributed by atoms with Crippen LogP contribution < -0.4 is 10.6 Å². The molecule has 1 aliphatic rings. The van der Waals surface area contributed by atoms with E-state index in [0.717, 1.165) is 29.7 Å². The van der Waals surface area contributed by atoms with Gasteiger partial charge in [0.2, 0.25) is 5.91 Å². The van der Waals surface area contributed by atoms with Gasteiger partial charge in [0.25, 0.3) is 5.91 Å². The highest BCUT2D eigenvalue weighted by molar-refractivity contribution is 5.96. The van der Waals surface area contributed by atoms with E-state index in [1.165, 1.54) is 0 Å². The van der Waals surface area contributed by atoms with Gasteiger partial charge in [-0.05, 0) is 62.1 Å². The maximum Gasteiger partial charge on any atom is 0.251 e. The maximum absolute atomic E-state index is 12.4. The number of rotatable bonds is 5. The first-order valence-corrected chi connectivity index (χ1v) is 8.32. The molecule has 4 heteroatoms. The Morgan fingerprint density at radius 1 is 1.04 bits per heavy atom. The summed E-state index contributed by atoms with van der Waals surface area (Å²) in [6.07, 6.45) is 1.95. The fraction of sp³-hybridized carbons (Fsp3) is 0.300. The molecule has 0 aromatic heterocycles. The third kappa shape index (κ3) is 3.82. The zero-order chi connectivity index (χ0) is 17.1. The van der Waals surface area contributed by atoms with E-state index >= 15 is 0 Å². The largest absolute Gasteiger partial charge is 0.346 e. The van der Waals surface area contributed by atoms with E-state index in [1.54, 1.807) is 24.3 Å². The zero-order valence-corrected chi connectivity index (χ0v) is 14.0. The van der Waals surface area contributed by atoms with Crippen molar-refractivity contribution in [1.29, 1.82) is 0 Å². The molecule has 3 rings (SSSR count). The van der Waals surface area contributed by atoms with Gasteiger partial charge in [-0.3, -0.25) is 9.59 Å². The standard InChI is InChI=1S/C20H22N2O2/c1-13-5-3-4-6-18(13)14(2)21-19(23)16-9-11-17(12-10-16)22-20(24)15-7-8-15/h3-6,9-12,14-15H,7-8H2,1-2H3,(H,21,23)(H,22,24)/t14-/m1/s1. The van der Waals surface area contributed by atoms with Crippen molar-refractivity contribution >= 4 is 17.5 Å². The average Bonchev–Trinajstić information content (AvgIpc) is 3.40. The molecule has 4 nitrogen and oxygen atoms in total. The molecule has 2 aromatic rings. The number of nitrogens with one attached hydrogen (secondary N) is 2. The molecule has 1 aliphatic carbocycles. The lowest BCUT2D eigenvalue weighted by atomic mass is 10.0. The first-order chi connectivity index (χ1) is 11.5. The highest BCUT2D eigenvalue weighted by atomic mass is 16.2. The van der Waals surface area contributed by atoms with Crippen LogP contribution in [0.25, 0.3) is 0 Å². The molecule has 2 N–H and O–H groups in total. The number of amides is 2. The number of hydrogen-bond donors (Lipinski definition) is 2.